The summed E-state index contributed by atoms with van der Waals surface area (Å²) in [5.74, 6) is 0.604. The lowest BCUT2D eigenvalue weighted by Gasteiger charge is -2.12. The molecule has 0 saturated heterocycles. The maximum Gasteiger partial charge on any atom is 0.0443 e. The molecule has 2 N–H and O–H groups in total. The van der Waals surface area contributed by atoms with Crippen LogP contribution in [0.1, 0.15) is 31.2 Å². The third-order valence-corrected chi connectivity index (χ3v) is 2.63. The van der Waals surface area contributed by atoms with E-state index in [1.165, 1.54) is 5.56 Å². The second-order valence-electron chi connectivity index (χ2n) is 3.93. The summed E-state index contributed by atoms with van der Waals surface area (Å²) in [7, 11) is 0. The number of rotatable bonds is 7. The number of aliphatic hydroxyl groups excluding tert-OH is 1. The molecule has 0 amide bonds. The Bertz CT molecular complexity index is 248. The van der Waals surface area contributed by atoms with E-state index in [2.05, 4.69) is 42.6 Å². The Balaban J connectivity index is 2.16. The van der Waals surface area contributed by atoms with Crippen molar-refractivity contribution in [2.45, 2.75) is 25.7 Å². The van der Waals surface area contributed by atoms with E-state index in [9.17, 15) is 0 Å². The summed E-state index contributed by atoms with van der Waals surface area (Å²) in [6, 6.07) is 10.6. The Hall–Kier alpha value is -0.860. The van der Waals surface area contributed by atoms with Gasteiger partial charge in [-0.3, -0.25) is 0 Å². The lowest BCUT2D eigenvalue weighted by molar-refractivity contribution is 0.286. The van der Waals surface area contributed by atoms with Crippen molar-refractivity contribution >= 4 is 0 Å². The minimum absolute atomic E-state index is 0.279. The van der Waals surface area contributed by atoms with E-state index in [4.69, 9.17) is 5.11 Å². The second-order valence-corrected chi connectivity index (χ2v) is 3.93. The average Bonchev–Trinajstić information content (AvgIpc) is 2.30. The van der Waals surface area contributed by atoms with Crippen LogP contribution in [0.25, 0.3) is 0 Å². The van der Waals surface area contributed by atoms with Gasteiger partial charge >= 0.3 is 0 Å². The summed E-state index contributed by atoms with van der Waals surface area (Å²) in [5, 5.41) is 11.9. The smallest absolute Gasteiger partial charge is 0.0443 e. The largest absolute Gasteiger partial charge is 0.396 e. The lowest BCUT2D eigenvalue weighted by Crippen LogP contribution is -2.19. The molecule has 0 aliphatic carbocycles. The van der Waals surface area contributed by atoms with Crippen molar-refractivity contribution in [3.05, 3.63) is 35.9 Å². The van der Waals surface area contributed by atoms with E-state index in [-0.39, 0.29) is 6.61 Å². The van der Waals surface area contributed by atoms with E-state index < -0.39 is 0 Å². The minimum Gasteiger partial charge on any atom is -0.396 e. The molecule has 0 bridgehead atoms. The quantitative estimate of drug-likeness (QED) is 0.671. The topological polar surface area (TPSA) is 32.3 Å². The molecule has 0 aromatic heterocycles. The van der Waals surface area contributed by atoms with Crippen molar-refractivity contribution in [2.75, 3.05) is 19.7 Å². The third-order valence-electron chi connectivity index (χ3n) is 2.63. The van der Waals surface area contributed by atoms with Gasteiger partial charge in [-0.1, -0.05) is 37.3 Å². The van der Waals surface area contributed by atoms with Gasteiger partial charge in [-0.15, -0.1) is 0 Å². The van der Waals surface area contributed by atoms with Crippen LogP contribution < -0.4 is 5.32 Å². The lowest BCUT2D eigenvalue weighted by atomic mass is 9.98. The van der Waals surface area contributed by atoms with Crippen molar-refractivity contribution in [1.29, 1.82) is 0 Å². The average molecular weight is 207 g/mol. The Labute approximate surface area is 92.3 Å². The molecule has 1 unspecified atom stereocenters. The van der Waals surface area contributed by atoms with Crippen LogP contribution in [0.15, 0.2) is 30.3 Å². The zero-order valence-corrected chi connectivity index (χ0v) is 9.45. The minimum atomic E-state index is 0.279. The molecular formula is C13H21NO. The van der Waals surface area contributed by atoms with E-state index in [1.807, 2.05) is 0 Å². The van der Waals surface area contributed by atoms with E-state index >= 15 is 0 Å². The Kier molecular flexibility index (Phi) is 6.05. The van der Waals surface area contributed by atoms with Crippen LogP contribution >= 0.6 is 0 Å². The molecule has 2 nitrogen and oxygen atoms in total. The summed E-state index contributed by atoms with van der Waals surface area (Å²) >= 11 is 0. The van der Waals surface area contributed by atoms with Gasteiger partial charge in [0.25, 0.3) is 0 Å². The van der Waals surface area contributed by atoms with Crippen molar-refractivity contribution in [3.8, 4) is 0 Å². The fourth-order valence-electron chi connectivity index (χ4n) is 1.60. The van der Waals surface area contributed by atoms with Crippen LogP contribution in [-0.2, 0) is 0 Å². The second kappa shape index (κ2) is 7.43. The van der Waals surface area contributed by atoms with Gasteiger partial charge in [0.1, 0.15) is 0 Å². The zero-order valence-electron chi connectivity index (χ0n) is 9.45. The van der Waals surface area contributed by atoms with Crippen LogP contribution in [0.2, 0.25) is 0 Å². The molecule has 2 heteroatoms. The highest BCUT2D eigenvalue weighted by Gasteiger charge is 2.03. The van der Waals surface area contributed by atoms with E-state index in [0.29, 0.717) is 5.92 Å². The fraction of sp³-hybridized carbons (Fsp3) is 0.538. The molecule has 0 radical (unpaired) electrons. The predicted octanol–water partition coefficient (Wildman–Crippen LogP) is 2.15. The Morgan fingerprint density at radius 3 is 2.60 bits per heavy atom. The van der Waals surface area contributed by atoms with Crippen LogP contribution in [0.5, 0.6) is 0 Å². The first kappa shape index (κ1) is 12.2. The van der Waals surface area contributed by atoms with Gasteiger partial charge in [0.2, 0.25) is 0 Å². The van der Waals surface area contributed by atoms with E-state index in [1.54, 1.807) is 0 Å². The monoisotopic (exact) mass is 207 g/mol. The first-order valence-electron chi connectivity index (χ1n) is 5.71. The molecular weight excluding hydrogens is 186 g/mol. The molecule has 84 valence electrons. The standard InChI is InChI=1S/C13H21NO/c1-12(8-10-14-9-5-11-15)13-6-3-2-4-7-13/h2-4,6-7,12,14-15H,5,8-11H2,1H3. The van der Waals surface area contributed by atoms with Crippen LogP contribution in [0.3, 0.4) is 0 Å². The zero-order chi connectivity index (χ0) is 10.9. The fourth-order valence-corrected chi connectivity index (χ4v) is 1.60. The summed E-state index contributed by atoms with van der Waals surface area (Å²) in [5.41, 5.74) is 1.40. The molecule has 1 rings (SSSR count). The van der Waals surface area contributed by atoms with Crippen LogP contribution in [0, 0.1) is 0 Å². The van der Waals surface area contributed by atoms with Gasteiger partial charge in [-0.25, -0.2) is 0 Å². The van der Waals surface area contributed by atoms with Crippen LogP contribution in [0.4, 0.5) is 0 Å². The number of benzene rings is 1. The van der Waals surface area contributed by atoms with Gasteiger partial charge in [-0.2, -0.15) is 0 Å². The number of nitrogens with one attached hydrogen (secondary N) is 1. The summed E-state index contributed by atoms with van der Waals surface area (Å²) in [6.07, 6.45) is 2.00. The molecule has 0 aliphatic rings. The van der Waals surface area contributed by atoms with Gasteiger partial charge in [0.05, 0.1) is 0 Å². The first-order valence-corrected chi connectivity index (χ1v) is 5.71. The molecule has 1 aromatic carbocycles. The van der Waals surface area contributed by atoms with E-state index in [0.717, 1.165) is 25.9 Å². The summed E-state index contributed by atoms with van der Waals surface area (Å²) < 4.78 is 0. The molecule has 0 saturated carbocycles. The van der Waals surface area contributed by atoms with Gasteiger partial charge in [0, 0.05) is 6.61 Å². The number of hydrogen-bond acceptors (Lipinski definition) is 2. The van der Waals surface area contributed by atoms with Gasteiger partial charge in [0.15, 0.2) is 0 Å². The molecule has 0 aliphatic heterocycles. The number of hydrogen-bond donors (Lipinski definition) is 2. The highest BCUT2D eigenvalue weighted by atomic mass is 16.3. The molecule has 15 heavy (non-hydrogen) atoms. The van der Waals surface area contributed by atoms with Crippen molar-refractivity contribution in [1.82, 2.24) is 5.32 Å². The molecule has 0 spiro atoms. The van der Waals surface area contributed by atoms with Gasteiger partial charge < -0.3 is 10.4 Å². The third kappa shape index (κ3) is 4.96. The van der Waals surface area contributed by atoms with Gasteiger partial charge in [-0.05, 0) is 37.4 Å². The Morgan fingerprint density at radius 2 is 1.93 bits per heavy atom. The highest BCUT2D eigenvalue weighted by molar-refractivity contribution is 5.18. The summed E-state index contributed by atoms with van der Waals surface area (Å²) in [6.45, 7) is 4.47. The van der Waals surface area contributed by atoms with Crippen molar-refractivity contribution in [2.24, 2.45) is 0 Å². The molecule has 0 heterocycles. The Morgan fingerprint density at radius 1 is 1.20 bits per heavy atom. The first-order chi connectivity index (χ1) is 7.34. The van der Waals surface area contributed by atoms with Crippen molar-refractivity contribution < 1.29 is 5.11 Å². The maximum atomic E-state index is 8.61. The summed E-state index contributed by atoms with van der Waals surface area (Å²) in [4.78, 5) is 0. The molecule has 1 atom stereocenters. The molecule has 0 fully saturated rings. The normalized spacial score (nSPS) is 12.7. The highest BCUT2D eigenvalue weighted by Crippen LogP contribution is 2.17. The SMILES string of the molecule is CC(CCNCCCO)c1ccccc1. The number of aliphatic hydroxyl groups is 1. The maximum absolute atomic E-state index is 8.61. The predicted molar refractivity (Wildman–Crippen MR) is 64.0 cm³/mol. The molecule has 1 aromatic rings. The van der Waals surface area contributed by atoms with Crippen molar-refractivity contribution in [3.63, 3.8) is 0 Å². The van der Waals surface area contributed by atoms with Crippen LogP contribution in [-0.4, -0.2) is 24.8 Å².